The van der Waals surface area contributed by atoms with E-state index < -0.39 is 0 Å². The molecule has 0 fully saturated rings. The van der Waals surface area contributed by atoms with E-state index >= 15 is 0 Å². The van der Waals surface area contributed by atoms with Crippen LogP contribution in [0.4, 0.5) is 0 Å². The van der Waals surface area contributed by atoms with E-state index in [-0.39, 0.29) is 6.10 Å². The van der Waals surface area contributed by atoms with Crippen molar-refractivity contribution in [1.29, 1.82) is 0 Å². The van der Waals surface area contributed by atoms with Gasteiger partial charge >= 0.3 is 0 Å². The largest absolute Gasteiger partial charge is 0.389 e. The minimum Gasteiger partial charge on any atom is -0.389 e. The zero-order valence-electron chi connectivity index (χ0n) is 7.77. The molecule has 70 valence electrons. The third-order valence-corrected chi connectivity index (χ3v) is 2.37. The number of rotatable bonds is 1. The first-order valence-corrected chi connectivity index (χ1v) is 4.63. The number of allylic oxidation sites excluding steroid dienone is 1. The summed E-state index contributed by atoms with van der Waals surface area (Å²) in [5.41, 5.74) is 2.18. The molecule has 0 amide bonds. The van der Waals surface area contributed by atoms with Crippen LogP contribution in [0.5, 0.6) is 0 Å². The molecule has 1 heterocycles. The second-order valence-corrected chi connectivity index (χ2v) is 3.58. The van der Waals surface area contributed by atoms with E-state index in [1.54, 1.807) is 6.33 Å². The van der Waals surface area contributed by atoms with Crippen LogP contribution in [0.1, 0.15) is 25.0 Å². The predicted octanol–water partition coefficient (Wildman–Crippen LogP) is 1.35. The van der Waals surface area contributed by atoms with Gasteiger partial charge in [-0.1, -0.05) is 6.08 Å². The number of hydrogen-bond donors (Lipinski definition) is 1. The van der Waals surface area contributed by atoms with Gasteiger partial charge < -0.3 is 9.67 Å². The van der Waals surface area contributed by atoms with Crippen LogP contribution in [0.15, 0.2) is 18.6 Å². The molecule has 3 heteroatoms. The van der Waals surface area contributed by atoms with Crippen LogP contribution in [0, 0.1) is 0 Å². The van der Waals surface area contributed by atoms with Crippen LogP contribution in [0.25, 0.3) is 5.57 Å². The Labute approximate surface area is 77.7 Å². The van der Waals surface area contributed by atoms with Crippen LogP contribution in [-0.4, -0.2) is 20.8 Å². The number of nitrogens with zero attached hydrogens (tertiary/aromatic N) is 2. The van der Waals surface area contributed by atoms with E-state index in [1.807, 2.05) is 23.9 Å². The molecule has 1 N–H and O–H groups in total. The zero-order valence-corrected chi connectivity index (χ0v) is 7.77. The van der Waals surface area contributed by atoms with Crippen molar-refractivity contribution in [3.8, 4) is 0 Å². The molecular formula is C10H14N2O. The van der Waals surface area contributed by atoms with Crippen molar-refractivity contribution < 1.29 is 5.11 Å². The van der Waals surface area contributed by atoms with Gasteiger partial charge in [-0.25, -0.2) is 4.98 Å². The minimum absolute atomic E-state index is 0.272. The smallest absolute Gasteiger partial charge is 0.0951 e. The molecule has 0 aromatic carbocycles. The summed E-state index contributed by atoms with van der Waals surface area (Å²) in [6.07, 6.45) is 8.41. The highest BCUT2D eigenvalue weighted by Crippen LogP contribution is 2.25. The van der Waals surface area contributed by atoms with E-state index in [0.29, 0.717) is 0 Å². The first-order valence-electron chi connectivity index (χ1n) is 4.63. The number of imidazole rings is 1. The molecule has 0 bridgehead atoms. The number of aryl methyl sites for hydroxylation is 1. The fourth-order valence-electron chi connectivity index (χ4n) is 1.69. The second-order valence-electron chi connectivity index (χ2n) is 3.58. The van der Waals surface area contributed by atoms with Crippen LogP contribution in [0.3, 0.4) is 0 Å². The highest BCUT2D eigenvalue weighted by molar-refractivity contribution is 5.63. The van der Waals surface area contributed by atoms with Crippen LogP contribution in [-0.2, 0) is 7.05 Å². The third kappa shape index (κ3) is 1.80. The summed E-state index contributed by atoms with van der Waals surface area (Å²) in [4.78, 5) is 4.26. The van der Waals surface area contributed by atoms with Gasteiger partial charge in [0.1, 0.15) is 0 Å². The van der Waals surface area contributed by atoms with Gasteiger partial charge in [-0.15, -0.1) is 0 Å². The maximum atomic E-state index is 9.44. The molecule has 0 spiro atoms. The molecule has 1 aliphatic carbocycles. The van der Waals surface area contributed by atoms with Crippen molar-refractivity contribution in [3.05, 3.63) is 24.3 Å². The van der Waals surface area contributed by atoms with Gasteiger partial charge in [0.15, 0.2) is 0 Å². The molecule has 1 unspecified atom stereocenters. The van der Waals surface area contributed by atoms with Crippen molar-refractivity contribution >= 4 is 5.57 Å². The van der Waals surface area contributed by atoms with E-state index in [1.165, 1.54) is 5.57 Å². The monoisotopic (exact) mass is 178 g/mol. The predicted molar refractivity (Wildman–Crippen MR) is 51.0 cm³/mol. The Balaban J connectivity index is 2.25. The molecular weight excluding hydrogens is 164 g/mol. The first kappa shape index (κ1) is 8.51. The Hall–Kier alpha value is -1.09. The molecule has 0 saturated heterocycles. The Kier molecular flexibility index (Phi) is 2.19. The Morgan fingerprint density at radius 1 is 1.62 bits per heavy atom. The first-order chi connectivity index (χ1) is 6.25. The van der Waals surface area contributed by atoms with Gasteiger partial charge in [-0.05, 0) is 24.8 Å². The zero-order chi connectivity index (χ0) is 9.26. The van der Waals surface area contributed by atoms with E-state index in [4.69, 9.17) is 0 Å². The molecule has 1 aromatic rings. The summed E-state index contributed by atoms with van der Waals surface area (Å²) in [6, 6.07) is 0. The van der Waals surface area contributed by atoms with Gasteiger partial charge in [0.05, 0.1) is 18.1 Å². The lowest BCUT2D eigenvalue weighted by molar-refractivity contribution is 0.206. The average molecular weight is 178 g/mol. The van der Waals surface area contributed by atoms with Gasteiger partial charge in [0.2, 0.25) is 0 Å². The maximum Gasteiger partial charge on any atom is 0.0951 e. The Bertz CT molecular complexity index is 327. The number of aliphatic hydroxyl groups is 1. The molecule has 0 saturated carbocycles. The molecule has 1 aromatic heterocycles. The Morgan fingerprint density at radius 3 is 3.08 bits per heavy atom. The fraction of sp³-hybridized carbons (Fsp3) is 0.500. The topological polar surface area (TPSA) is 38.0 Å². The van der Waals surface area contributed by atoms with Gasteiger partial charge in [-0.3, -0.25) is 0 Å². The summed E-state index contributed by atoms with van der Waals surface area (Å²) < 4.78 is 1.93. The van der Waals surface area contributed by atoms with Gasteiger partial charge in [-0.2, -0.15) is 0 Å². The molecule has 3 nitrogen and oxygen atoms in total. The molecule has 1 aliphatic rings. The maximum absolute atomic E-state index is 9.44. The highest BCUT2D eigenvalue weighted by atomic mass is 16.3. The van der Waals surface area contributed by atoms with Crippen molar-refractivity contribution in [1.82, 2.24) is 9.55 Å². The number of aromatic nitrogens is 2. The average Bonchev–Trinajstić information content (AvgIpc) is 2.52. The van der Waals surface area contributed by atoms with Crippen LogP contribution >= 0.6 is 0 Å². The Morgan fingerprint density at radius 2 is 2.46 bits per heavy atom. The van der Waals surface area contributed by atoms with Crippen LogP contribution < -0.4 is 0 Å². The van der Waals surface area contributed by atoms with Crippen molar-refractivity contribution in [2.75, 3.05) is 0 Å². The van der Waals surface area contributed by atoms with Crippen LogP contribution in [0.2, 0.25) is 0 Å². The lowest BCUT2D eigenvalue weighted by atomic mass is 9.96. The quantitative estimate of drug-likeness (QED) is 0.705. The van der Waals surface area contributed by atoms with Gasteiger partial charge in [0.25, 0.3) is 0 Å². The SMILES string of the molecule is Cn1cnc(C2=CC(O)CCC2)c1. The summed E-state index contributed by atoms with van der Waals surface area (Å²) in [6.45, 7) is 0. The third-order valence-electron chi connectivity index (χ3n) is 2.37. The summed E-state index contributed by atoms with van der Waals surface area (Å²) in [5, 5.41) is 9.44. The van der Waals surface area contributed by atoms with Crippen molar-refractivity contribution in [3.63, 3.8) is 0 Å². The highest BCUT2D eigenvalue weighted by Gasteiger charge is 2.13. The summed E-state index contributed by atoms with van der Waals surface area (Å²) >= 11 is 0. The van der Waals surface area contributed by atoms with Crippen molar-refractivity contribution in [2.45, 2.75) is 25.4 Å². The molecule has 1 atom stereocenters. The fourth-order valence-corrected chi connectivity index (χ4v) is 1.69. The normalized spacial score (nSPS) is 22.9. The van der Waals surface area contributed by atoms with E-state index in [0.717, 1.165) is 25.0 Å². The lowest BCUT2D eigenvalue weighted by Crippen LogP contribution is -2.08. The van der Waals surface area contributed by atoms with Gasteiger partial charge in [0, 0.05) is 13.2 Å². The lowest BCUT2D eigenvalue weighted by Gasteiger charge is -2.15. The standard InChI is InChI=1S/C10H14N2O/c1-12-6-10(11-7-12)8-3-2-4-9(13)5-8/h5-7,9,13H,2-4H2,1H3. The summed E-state index contributed by atoms with van der Waals surface area (Å²) in [5.74, 6) is 0. The number of aliphatic hydroxyl groups excluding tert-OH is 1. The van der Waals surface area contributed by atoms with E-state index in [9.17, 15) is 5.11 Å². The number of hydrogen-bond acceptors (Lipinski definition) is 2. The summed E-state index contributed by atoms with van der Waals surface area (Å²) in [7, 11) is 1.95. The minimum atomic E-state index is -0.272. The molecule has 0 aliphatic heterocycles. The molecule has 0 radical (unpaired) electrons. The van der Waals surface area contributed by atoms with E-state index in [2.05, 4.69) is 4.98 Å². The second kappa shape index (κ2) is 3.34. The molecule has 2 rings (SSSR count). The van der Waals surface area contributed by atoms with Crippen molar-refractivity contribution in [2.24, 2.45) is 7.05 Å². The molecule has 13 heavy (non-hydrogen) atoms.